The van der Waals surface area contributed by atoms with Crippen molar-refractivity contribution < 1.29 is 4.42 Å². The molecule has 3 heteroatoms. The van der Waals surface area contributed by atoms with Crippen LogP contribution in [-0.4, -0.2) is 9.97 Å². The van der Waals surface area contributed by atoms with Crippen LogP contribution in [0.4, 0.5) is 0 Å². The molecule has 0 atom stereocenters. The van der Waals surface area contributed by atoms with E-state index in [1.54, 1.807) is 0 Å². The van der Waals surface area contributed by atoms with E-state index in [0.717, 1.165) is 71.5 Å². The summed E-state index contributed by atoms with van der Waals surface area (Å²) in [5.41, 5.74) is 6.79. The Kier molecular flexibility index (Phi) is 4.23. The summed E-state index contributed by atoms with van der Waals surface area (Å²) in [5, 5.41) is 7.88. The highest BCUT2D eigenvalue weighted by Gasteiger charge is 2.18. The van der Waals surface area contributed by atoms with E-state index in [1.165, 1.54) is 5.39 Å². The standard InChI is InChI=1S/C34H20N2O/c1-2-8-24-21(7-1)19-20-35-32(24)22-13-15-23(16-14-22)33-31-27(25-9-3-5-11-29(25)36-33)17-18-28-26-10-4-6-12-30(26)37-34(28)31/h1-20H. The number of pyridine rings is 2. The molecule has 0 aliphatic carbocycles. The highest BCUT2D eigenvalue weighted by Crippen LogP contribution is 2.41. The third-order valence-electron chi connectivity index (χ3n) is 7.32. The number of rotatable bonds is 2. The second-order valence-corrected chi connectivity index (χ2v) is 9.40. The van der Waals surface area contributed by atoms with Crippen molar-refractivity contribution in [3.8, 4) is 22.5 Å². The minimum atomic E-state index is 0.881. The van der Waals surface area contributed by atoms with Gasteiger partial charge < -0.3 is 4.42 Å². The summed E-state index contributed by atoms with van der Waals surface area (Å²) >= 11 is 0. The van der Waals surface area contributed by atoms with Crippen LogP contribution in [0.3, 0.4) is 0 Å². The number of aromatic nitrogens is 2. The number of hydrogen-bond donors (Lipinski definition) is 0. The first-order chi connectivity index (χ1) is 18.3. The van der Waals surface area contributed by atoms with Gasteiger partial charge in [-0.3, -0.25) is 4.98 Å². The molecule has 0 aliphatic rings. The normalized spacial score (nSPS) is 11.8. The van der Waals surface area contributed by atoms with Gasteiger partial charge in [-0.1, -0.05) is 91.0 Å². The molecular formula is C34H20N2O. The van der Waals surface area contributed by atoms with Gasteiger partial charge in [-0.15, -0.1) is 0 Å². The molecule has 0 N–H and O–H groups in total. The van der Waals surface area contributed by atoms with Crippen LogP contribution in [0, 0.1) is 0 Å². The second-order valence-electron chi connectivity index (χ2n) is 9.40. The predicted octanol–water partition coefficient (Wildman–Crippen LogP) is 9.17. The molecule has 3 heterocycles. The van der Waals surface area contributed by atoms with Gasteiger partial charge in [-0.25, -0.2) is 4.98 Å². The van der Waals surface area contributed by atoms with Gasteiger partial charge in [-0.2, -0.15) is 0 Å². The van der Waals surface area contributed by atoms with Gasteiger partial charge in [0.1, 0.15) is 11.2 Å². The molecule has 8 aromatic rings. The lowest BCUT2D eigenvalue weighted by Crippen LogP contribution is -1.91. The minimum absolute atomic E-state index is 0.881. The van der Waals surface area contributed by atoms with Crippen molar-refractivity contribution in [2.75, 3.05) is 0 Å². The summed E-state index contributed by atoms with van der Waals surface area (Å²) in [4.78, 5) is 9.88. The SMILES string of the molecule is c1ccc2c(-c3ccc(-c4nc5ccccc5c5ccc6c7ccccc7oc6c45)cc3)nccc2c1. The first-order valence-corrected chi connectivity index (χ1v) is 12.4. The molecule has 0 spiro atoms. The maximum Gasteiger partial charge on any atom is 0.145 e. The lowest BCUT2D eigenvalue weighted by Gasteiger charge is -2.12. The first kappa shape index (κ1) is 20.2. The lowest BCUT2D eigenvalue weighted by atomic mass is 9.96. The van der Waals surface area contributed by atoms with Gasteiger partial charge in [0.15, 0.2) is 0 Å². The summed E-state index contributed by atoms with van der Waals surface area (Å²) in [6.07, 6.45) is 1.88. The van der Waals surface area contributed by atoms with Crippen LogP contribution >= 0.6 is 0 Å². The number of para-hydroxylation sites is 2. The third-order valence-corrected chi connectivity index (χ3v) is 7.32. The van der Waals surface area contributed by atoms with Crippen LogP contribution in [0.15, 0.2) is 126 Å². The fourth-order valence-corrected chi connectivity index (χ4v) is 5.57. The molecule has 0 unspecified atom stereocenters. The van der Waals surface area contributed by atoms with E-state index in [1.807, 2.05) is 24.4 Å². The second kappa shape index (κ2) is 7.74. The van der Waals surface area contributed by atoms with Gasteiger partial charge >= 0.3 is 0 Å². The van der Waals surface area contributed by atoms with Crippen molar-refractivity contribution in [2.45, 2.75) is 0 Å². The van der Waals surface area contributed by atoms with E-state index < -0.39 is 0 Å². The molecule has 8 rings (SSSR count). The zero-order chi connectivity index (χ0) is 24.3. The third kappa shape index (κ3) is 3.01. The predicted molar refractivity (Wildman–Crippen MR) is 153 cm³/mol. The molecule has 0 saturated heterocycles. The molecule has 5 aromatic carbocycles. The number of hydrogen-bond acceptors (Lipinski definition) is 3. The van der Waals surface area contributed by atoms with E-state index in [-0.39, 0.29) is 0 Å². The van der Waals surface area contributed by atoms with Crippen LogP contribution < -0.4 is 0 Å². The van der Waals surface area contributed by atoms with Crippen LogP contribution in [0.5, 0.6) is 0 Å². The molecule has 172 valence electrons. The summed E-state index contributed by atoms with van der Waals surface area (Å²) in [7, 11) is 0. The number of nitrogens with zero attached hydrogens (tertiary/aromatic N) is 2. The zero-order valence-corrected chi connectivity index (χ0v) is 19.8. The van der Waals surface area contributed by atoms with Crippen molar-refractivity contribution in [3.63, 3.8) is 0 Å². The molecule has 3 nitrogen and oxygen atoms in total. The van der Waals surface area contributed by atoms with Crippen LogP contribution in [0.25, 0.3) is 76.9 Å². The van der Waals surface area contributed by atoms with Crippen molar-refractivity contribution in [2.24, 2.45) is 0 Å². The quantitative estimate of drug-likeness (QED) is 0.235. The molecule has 37 heavy (non-hydrogen) atoms. The fraction of sp³-hybridized carbons (Fsp3) is 0. The zero-order valence-electron chi connectivity index (χ0n) is 19.8. The summed E-state index contributed by atoms with van der Waals surface area (Å²) in [6, 6.07) is 39.9. The molecule has 0 bridgehead atoms. The molecule has 3 aromatic heterocycles. The van der Waals surface area contributed by atoms with Gasteiger partial charge in [-0.05, 0) is 35.0 Å². The minimum Gasteiger partial charge on any atom is -0.455 e. The topological polar surface area (TPSA) is 38.9 Å². The van der Waals surface area contributed by atoms with E-state index in [2.05, 4.69) is 97.1 Å². The van der Waals surface area contributed by atoms with Gasteiger partial charge in [0.2, 0.25) is 0 Å². The Bertz CT molecular complexity index is 2130. The van der Waals surface area contributed by atoms with E-state index in [0.29, 0.717) is 0 Å². The molecule has 0 aliphatic heterocycles. The Morgan fingerprint density at radius 3 is 2.03 bits per heavy atom. The van der Waals surface area contributed by atoms with Crippen LogP contribution in [-0.2, 0) is 0 Å². The monoisotopic (exact) mass is 472 g/mol. The molecule has 0 fully saturated rings. The average molecular weight is 473 g/mol. The van der Waals surface area contributed by atoms with E-state index in [4.69, 9.17) is 14.4 Å². The van der Waals surface area contributed by atoms with Gasteiger partial charge in [0.25, 0.3) is 0 Å². The summed E-state index contributed by atoms with van der Waals surface area (Å²) in [5.74, 6) is 0. The number of furan rings is 1. The highest BCUT2D eigenvalue weighted by atomic mass is 16.3. The number of fused-ring (bicyclic) bond motifs is 8. The van der Waals surface area contributed by atoms with Crippen LogP contribution in [0.1, 0.15) is 0 Å². The Morgan fingerprint density at radius 2 is 1.16 bits per heavy atom. The molecular weight excluding hydrogens is 452 g/mol. The molecule has 0 saturated carbocycles. The van der Waals surface area contributed by atoms with Crippen molar-refractivity contribution in [3.05, 3.63) is 121 Å². The lowest BCUT2D eigenvalue weighted by molar-refractivity contribution is 0.672. The molecule has 0 radical (unpaired) electrons. The maximum atomic E-state index is 6.47. The van der Waals surface area contributed by atoms with Crippen molar-refractivity contribution in [1.82, 2.24) is 9.97 Å². The smallest absolute Gasteiger partial charge is 0.145 e. The Morgan fingerprint density at radius 1 is 0.486 bits per heavy atom. The van der Waals surface area contributed by atoms with Gasteiger partial charge in [0.05, 0.1) is 22.3 Å². The number of benzene rings is 5. The van der Waals surface area contributed by atoms with E-state index in [9.17, 15) is 0 Å². The maximum absolute atomic E-state index is 6.47. The van der Waals surface area contributed by atoms with Crippen molar-refractivity contribution >= 4 is 54.4 Å². The Hall–Kier alpha value is -5.02. The van der Waals surface area contributed by atoms with Crippen LogP contribution in [0.2, 0.25) is 0 Å². The van der Waals surface area contributed by atoms with Gasteiger partial charge in [0, 0.05) is 38.9 Å². The fourth-order valence-electron chi connectivity index (χ4n) is 5.57. The van der Waals surface area contributed by atoms with Crippen molar-refractivity contribution in [1.29, 1.82) is 0 Å². The Labute approximate surface area is 212 Å². The average Bonchev–Trinajstić information content (AvgIpc) is 3.35. The largest absolute Gasteiger partial charge is 0.455 e. The highest BCUT2D eigenvalue weighted by molar-refractivity contribution is 6.23. The Balaban J connectivity index is 1.41. The summed E-state index contributed by atoms with van der Waals surface area (Å²) < 4.78 is 6.47. The summed E-state index contributed by atoms with van der Waals surface area (Å²) in [6.45, 7) is 0. The molecule has 0 amide bonds. The van der Waals surface area contributed by atoms with E-state index >= 15 is 0 Å². The first-order valence-electron chi connectivity index (χ1n) is 12.4.